The van der Waals surface area contributed by atoms with Crippen LogP contribution < -0.4 is 24.4 Å². The SMILES string of the molecule is C#CCOc1c(I)cc(/C=C2\C(=O)NC(=O)N(c3ccc(OCc4ccccc4)cc3)C2=O)cc1OCC. The summed E-state index contributed by atoms with van der Waals surface area (Å²) in [5.74, 6) is 2.33. The van der Waals surface area contributed by atoms with Crippen LogP contribution in [0.25, 0.3) is 6.08 Å². The van der Waals surface area contributed by atoms with E-state index in [1.165, 1.54) is 6.08 Å². The molecule has 4 amide bonds. The van der Waals surface area contributed by atoms with Gasteiger partial charge in [-0.15, -0.1) is 6.42 Å². The number of hydrogen-bond donors (Lipinski definition) is 1. The Morgan fingerprint density at radius 2 is 1.74 bits per heavy atom. The van der Waals surface area contributed by atoms with Crippen LogP contribution in [0.5, 0.6) is 17.2 Å². The number of nitrogens with zero attached hydrogens (tertiary/aromatic N) is 1. The van der Waals surface area contributed by atoms with E-state index in [9.17, 15) is 14.4 Å². The van der Waals surface area contributed by atoms with Crippen molar-refractivity contribution in [2.45, 2.75) is 13.5 Å². The van der Waals surface area contributed by atoms with Gasteiger partial charge in [-0.25, -0.2) is 9.69 Å². The molecule has 1 aliphatic rings. The number of ether oxygens (including phenoxy) is 3. The number of terminal acetylenes is 1. The molecular formula is C29H23IN2O6. The number of rotatable bonds is 9. The van der Waals surface area contributed by atoms with Crippen molar-refractivity contribution in [3.63, 3.8) is 0 Å². The Bertz CT molecular complexity index is 1430. The van der Waals surface area contributed by atoms with Crippen LogP contribution in [0.4, 0.5) is 10.5 Å². The molecule has 4 rings (SSSR count). The number of nitrogens with one attached hydrogen (secondary N) is 1. The van der Waals surface area contributed by atoms with Crippen LogP contribution in [0.15, 0.2) is 72.3 Å². The summed E-state index contributed by atoms with van der Waals surface area (Å²) in [5, 5.41) is 2.23. The Labute approximate surface area is 233 Å². The van der Waals surface area contributed by atoms with Crippen LogP contribution in [0.1, 0.15) is 18.1 Å². The molecule has 1 N–H and O–H groups in total. The molecule has 3 aromatic rings. The molecular weight excluding hydrogens is 599 g/mol. The third-order valence-electron chi connectivity index (χ3n) is 5.39. The number of imide groups is 2. The summed E-state index contributed by atoms with van der Waals surface area (Å²) in [7, 11) is 0. The predicted octanol–water partition coefficient (Wildman–Crippen LogP) is 4.95. The highest BCUT2D eigenvalue weighted by molar-refractivity contribution is 14.1. The maximum absolute atomic E-state index is 13.3. The lowest BCUT2D eigenvalue weighted by Crippen LogP contribution is -2.54. The van der Waals surface area contributed by atoms with Crippen molar-refractivity contribution in [3.8, 4) is 29.6 Å². The molecule has 0 unspecified atom stereocenters. The molecule has 0 aromatic heterocycles. The number of amides is 4. The quantitative estimate of drug-likeness (QED) is 0.157. The average molecular weight is 622 g/mol. The van der Waals surface area contributed by atoms with Gasteiger partial charge >= 0.3 is 6.03 Å². The number of halogens is 1. The second-order valence-corrected chi connectivity index (χ2v) is 9.14. The highest BCUT2D eigenvalue weighted by atomic mass is 127. The molecule has 3 aromatic carbocycles. The fraction of sp³-hybridized carbons (Fsp3) is 0.138. The van der Waals surface area contributed by atoms with Crippen molar-refractivity contribution >= 4 is 52.2 Å². The number of carbonyl (C=O) groups excluding carboxylic acids is 3. The van der Waals surface area contributed by atoms with E-state index in [1.807, 2.05) is 37.3 Å². The van der Waals surface area contributed by atoms with Gasteiger partial charge in [-0.05, 0) is 83.1 Å². The molecule has 0 saturated carbocycles. The van der Waals surface area contributed by atoms with Gasteiger partial charge in [0.2, 0.25) is 0 Å². The molecule has 192 valence electrons. The largest absolute Gasteiger partial charge is 0.490 e. The minimum atomic E-state index is -0.835. The van der Waals surface area contributed by atoms with Gasteiger partial charge in [-0.3, -0.25) is 14.9 Å². The minimum absolute atomic E-state index is 0.0601. The Kier molecular flexibility index (Phi) is 8.66. The topological polar surface area (TPSA) is 94.2 Å². The molecule has 8 nitrogen and oxygen atoms in total. The molecule has 0 spiro atoms. The van der Waals surface area contributed by atoms with Gasteiger partial charge in [0.05, 0.1) is 15.9 Å². The van der Waals surface area contributed by atoms with Gasteiger partial charge in [0.15, 0.2) is 11.5 Å². The summed E-state index contributed by atoms with van der Waals surface area (Å²) in [6.07, 6.45) is 6.71. The average Bonchev–Trinajstić information content (AvgIpc) is 2.91. The van der Waals surface area contributed by atoms with Gasteiger partial charge in [0.25, 0.3) is 11.8 Å². The molecule has 1 aliphatic heterocycles. The van der Waals surface area contributed by atoms with Crippen LogP contribution in [0.3, 0.4) is 0 Å². The molecule has 0 aliphatic carbocycles. The van der Waals surface area contributed by atoms with Gasteiger partial charge < -0.3 is 14.2 Å². The first-order chi connectivity index (χ1) is 18.4. The van der Waals surface area contributed by atoms with Gasteiger partial charge in [0.1, 0.15) is 24.5 Å². The van der Waals surface area contributed by atoms with E-state index in [1.54, 1.807) is 36.4 Å². The van der Waals surface area contributed by atoms with Crippen molar-refractivity contribution < 1.29 is 28.6 Å². The molecule has 0 radical (unpaired) electrons. The van der Waals surface area contributed by atoms with Crippen LogP contribution in [0, 0.1) is 15.9 Å². The number of hydrogen-bond acceptors (Lipinski definition) is 6. The summed E-state index contributed by atoms with van der Waals surface area (Å²) in [4.78, 5) is 39.5. The summed E-state index contributed by atoms with van der Waals surface area (Å²) in [6, 6.07) is 18.7. The Hall–Kier alpha value is -4.30. The zero-order valence-electron chi connectivity index (χ0n) is 20.4. The summed E-state index contributed by atoms with van der Waals surface area (Å²) >= 11 is 2.06. The third-order valence-corrected chi connectivity index (χ3v) is 6.19. The van der Waals surface area contributed by atoms with E-state index in [0.29, 0.717) is 45.3 Å². The monoisotopic (exact) mass is 622 g/mol. The molecule has 1 saturated heterocycles. The fourth-order valence-corrected chi connectivity index (χ4v) is 4.46. The number of benzene rings is 3. The lowest BCUT2D eigenvalue weighted by atomic mass is 10.1. The zero-order valence-corrected chi connectivity index (χ0v) is 22.6. The summed E-state index contributed by atoms with van der Waals surface area (Å²) in [6.45, 7) is 2.63. The van der Waals surface area contributed by atoms with E-state index in [4.69, 9.17) is 20.6 Å². The fourth-order valence-electron chi connectivity index (χ4n) is 3.68. The molecule has 0 atom stereocenters. The highest BCUT2D eigenvalue weighted by Gasteiger charge is 2.37. The van der Waals surface area contributed by atoms with Crippen molar-refractivity contribution in [1.29, 1.82) is 0 Å². The standard InChI is InChI=1S/C29H23IN2O6/c1-3-14-37-26-24(30)16-20(17-25(26)36-4-2)15-23-27(33)31-29(35)32(28(23)34)21-10-12-22(13-11-21)38-18-19-8-6-5-7-9-19/h1,5-13,15-17H,4,14,18H2,2H3,(H,31,33,35)/b23-15+. The lowest BCUT2D eigenvalue weighted by molar-refractivity contribution is -0.122. The number of anilines is 1. The van der Waals surface area contributed by atoms with Crippen molar-refractivity contribution in [2.24, 2.45) is 0 Å². The predicted molar refractivity (Wildman–Crippen MR) is 151 cm³/mol. The second-order valence-electron chi connectivity index (χ2n) is 7.98. The molecule has 38 heavy (non-hydrogen) atoms. The van der Waals surface area contributed by atoms with Crippen molar-refractivity contribution in [3.05, 3.63) is 87.0 Å². The highest BCUT2D eigenvalue weighted by Crippen LogP contribution is 2.35. The number of urea groups is 1. The van der Waals surface area contributed by atoms with Crippen LogP contribution >= 0.6 is 22.6 Å². The zero-order chi connectivity index (χ0) is 27.1. The van der Waals surface area contributed by atoms with E-state index in [-0.39, 0.29) is 12.2 Å². The summed E-state index contributed by atoms with van der Waals surface area (Å²) < 4.78 is 17.7. The Morgan fingerprint density at radius 3 is 2.42 bits per heavy atom. The van der Waals surface area contributed by atoms with E-state index >= 15 is 0 Å². The Morgan fingerprint density at radius 1 is 1.00 bits per heavy atom. The van der Waals surface area contributed by atoms with Gasteiger partial charge in [-0.2, -0.15) is 0 Å². The van der Waals surface area contributed by atoms with E-state index < -0.39 is 17.8 Å². The molecule has 1 fully saturated rings. The second kappa shape index (κ2) is 12.3. The van der Waals surface area contributed by atoms with Crippen LogP contribution in [-0.2, 0) is 16.2 Å². The summed E-state index contributed by atoms with van der Waals surface area (Å²) in [5.41, 5.74) is 1.61. The molecule has 0 bridgehead atoms. The minimum Gasteiger partial charge on any atom is -0.490 e. The first kappa shape index (κ1) is 26.8. The maximum atomic E-state index is 13.3. The van der Waals surface area contributed by atoms with Crippen LogP contribution in [0.2, 0.25) is 0 Å². The maximum Gasteiger partial charge on any atom is 0.335 e. The number of carbonyl (C=O) groups is 3. The molecule has 9 heteroatoms. The van der Waals surface area contributed by atoms with Gasteiger partial charge in [0, 0.05) is 0 Å². The number of barbiturate groups is 1. The first-order valence-corrected chi connectivity index (χ1v) is 12.7. The smallest absolute Gasteiger partial charge is 0.335 e. The normalized spacial score (nSPS) is 14.2. The van der Waals surface area contributed by atoms with E-state index in [2.05, 4.69) is 33.8 Å². The molecule has 1 heterocycles. The van der Waals surface area contributed by atoms with E-state index in [0.717, 1.165) is 10.5 Å². The Balaban J connectivity index is 1.58. The van der Waals surface area contributed by atoms with Crippen molar-refractivity contribution in [2.75, 3.05) is 18.1 Å². The first-order valence-electron chi connectivity index (χ1n) is 11.6. The third kappa shape index (κ3) is 6.15. The van der Waals surface area contributed by atoms with Crippen LogP contribution in [-0.4, -0.2) is 31.1 Å². The lowest BCUT2D eigenvalue weighted by Gasteiger charge is -2.26. The van der Waals surface area contributed by atoms with Gasteiger partial charge in [-0.1, -0.05) is 36.3 Å². The van der Waals surface area contributed by atoms with Crippen molar-refractivity contribution in [1.82, 2.24) is 5.32 Å².